The molecule has 2 atom stereocenters. The van der Waals surface area contributed by atoms with Gasteiger partial charge < -0.3 is 9.47 Å². The number of hydrogen-bond acceptors (Lipinski definition) is 7. The highest BCUT2D eigenvalue weighted by Crippen LogP contribution is 2.31. The molecule has 0 spiro atoms. The highest BCUT2D eigenvalue weighted by atomic mass is 17.2. The lowest BCUT2D eigenvalue weighted by molar-refractivity contribution is -0.427. The van der Waals surface area contributed by atoms with Gasteiger partial charge in [0.05, 0.1) is 11.2 Å². The molecule has 0 aliphatic heterocycles. The summed E-state index contributed by atoms with van der Waals surface area (Å²) in [5, 5.41) is 0. The molecule has 0 fully saturated rings. The van der Waals surface area contributed by atoms with Gasteiger partial charge in [-0.2, -0.15) is 9.78 Å². The average Bonchev–Trinajstić information content (AvgIpc) is 2.54. The van der Waals surface area contributed by atoms with Gasteiger partial charge in [-0.05, 0) is 51.4 Å². The Hall–Kier alpha value is -0.890. The summed E-state index contributed by atoms with van der Waals surface area (Å²) >= 11 is 0. The molecule has 0 aromatic heterocycles. The molecule has 0 radical (unpaired) electrons. The second kappa shape index (κ2) is 13.1. The van der Waals surface area contributed by atoms with Gasteiger partial charge in [-0.3, -0.25) is 0 Å². The van der Waals surface area contributed by atoms with E-state index >= 15 is 0 Å². The number of carbonyl (C=O) groups is 1. The summed E-state index contributed by atoms with van der Waals surface area (Å²) in [5.74, 6) is 0. The highest BCUT2D eigenvalue weighted by Gasteiger charge is 2.31. The van der Waals surface area contributed by atoms with Crippen molar-refractivity contribution >= 4 is 6.16 Å². The third-order valence-corrected chi connectivity index (χ3v) is 4.18. The zero-order chi connectivity index (χ0) is 25.2. The van der Waals surface area contributed by atoms with E-state index in [-0.39, 0.29) is 10.8 Å². The maximum absolute atomic E-state index is 12.4. The third kappa shape index (κ3) is 16.7. The minimum Gasteiger partial charge on any atom is -0.401 e. The predicted octanol–water partition coefficient (Wildman–Crippen LogP) is 7.72. The van der Waals surface area contributed by atoms with Crippen LogP contribution in [0.2, 0.25) is 0 Å². The van der Waals surface area contributed by atoms with E-state index in [4.69, 9.17) is 29.0 Å². The summed E-state index contributed by atoms with van der Waals surface area (Å²) in [6.07, 6.45) is 1.40. The summed E-state index contributed by atoms with van der Waals surface area (Å²) in [7, 11) is 0. The fourth-order valence-electron chi connectivity index (χ4n) is 3.95. The first-order chi connectivity index (χ1) is 14.4. The number of ether oxygens (including phenoxy) is 2. The molecule has 0 aromatic carbocycles. The van der Waals surface area contributed by atoms with E-state index in [0.29, 0.717) is 12.8 Å². The topological polar surface area (TPSA) is 72.5 Å². The van der Waals surface area contributed by atoms with Crippen molar-refractivity contribution in [3.63, 3.8) is 0 Å². The Morgan fingerprint density at radius 2 is 0.938 bits per heavy atom. The van der Waals surface area contributed by atoms with E-state index in [1.165, 1.54) is 0 Å². The SMILES string of the molecule is CCCC(OOC(C)(C)CC(C)(C)C)OC(=O)OC(CCC)OOC(C)(C)CC(C)(C)C. The Morgan fingerprint density at radius 1 is 0.625 bits per heavy atom. The quantitative estimate of drug-likeness (QED) is 0.113. The lowest BCUT2D eigenvalue weighted by Crippen LogP contribution is -2.35. The summed E-state index contributed by atoms with van der Waals surface area (Å²) in [6.45, 7) is 24.5. The van der Waals surface area contributed by atoms with Gasteiger partial charge in [0.15, 0.2) is 0 Å². The largest absolute Gasteiger partial charge is 0.513 e. The first kappa shape index (κ1) is 31.1. The van der Waals surface area contributed by atoms with E-state index < -0.39 is 29.9 Å². The highest BCUT2D eigenvalue weighted by molar-refractivity contribution is 5.60. The summed E-state index contributed by atoms with van der Waals surface area (Å²) in [4.78, 5) is 34.6. The van der Waals surface area contributed by atoms with Gasteiger partial charge in [0.1, 0.15) is 0 Å². The van der Waals surface area contributed by atoms with Crippen LogP contribution in [0.15, 0.2) is 0 Å². The van der Waals surface area contributed by atoms with Crippen LogP contribution in [-0.4, -0.2) is 29.9 Å². The monoisotopic (exact) mass is 462 g/mol. The Labute approximate surface area is 196 Å². The predicted molar refractivity (Wildman–Crippen MR) is 126 cm³/mol. The van der Waals surface area contributed by atoms with Crippen molar-refractivity contribution in [3.05, 3.63) is 0 Å². The molecule has 0 N–H and O–H groups in total. The molecule has 0 aromatic rings. The first-order valence-electron chi connectivity index (χ1n) is 11.9. The lowest BCUT2D eigenvalue weighted by Gasteiger charge is -2.32. The minimum atomic E-state index is -0.878. The van der Waals surface area contributed by atoms with Crippen LogP contribution in [0.1, 0.15) is 122 Å². The molecule has 0 saturated heterocycles. The Balaban J connectivity index is 4.84. The van der Waals surface area contributed by atoms with Crippen molar-refractivity contribution in [2.24, 2.45) is 10.8 Å². The zero-order valence-corrected chi connectivity index (χ0v) is 22.8. The maximum Gasteiger partial charge on any atom is 0.513 e. The normalized spacial score (nSPS) is 15.4. The number of hydrogen-bond donors (Lipinski definition) is 0. The third-order valence-electron chi connectivity index (χ3n) is 4.18. The van der Waals surface area contributed by atoms with Crippen LogP contribution in [0.4, 0.5) is 4.79 Å². The van der Waals surface area contributed by atoms with Gasteiger partial charge in [0, 0.05) is 12.8 Å². The summed E-state index contributed by atoms with van der Waals surface area (Å²) < 4.78 is 10.7. The van der Waals surface area contributed by atoms with E-state index in [2.05, 4.69) is 41.5 Å². The van der Waals surface area contributed by atoms with Gasteiger partial charge in [-0.25, -0.2) is 14.6 Å². The zero-order valence-electron chi connectivity index (χ0n) is 22.8. The molecule has 0 rings (SSSR count). The molecule has 0 heterocycles. The van der Waals surface area contributed by atoms with E-state index in [9.17, 15) is 4.79 Å². The smallest absolute Gasteiger partial charge is 0.401 e. The van der Waals surface area contributed by atoms with Crippen LogP contribution in [0.3, 0.4) is 0 Å². The summed E-state index contributed by atoms with van der Waals surface area (Å²) in [6, 6.07) is 0. The van der Waals surface area contributed by atoms with Crippen molar-refractivity contribution in [1.29, 1.82) is 0 Å². The molecule has 2 unspecified atom stereocenters. The Kier molecular flexibility index (Phi) is 12.7. The molecule has 7 heteroatoms. The van der Waals surface area contributed by atoms with Crippen LogP contribution in [0, 0.1) is 10.8 Å². The van der Waals surface area contributed by atoms with Gasteiger partial charge in [0.25, 0.3) is 0 Å². The molecule has 32 heavy (non-hydrogen) atoms. The Morgan fingerprint density at radius 3 is 1.19 bits per heavy atom. The lowest BCUT2D eigenvalue weighted by atomic mass is 9.84. The van der Waals surface area contributed by atoms with Crippen molar-refractivity contribution in [2.45, 2.75) is 145 Å². The second-order valence-corrected chi connectivity index (χ2v) is 12.3. The van der Waals surface area contributed by atoms with E-state index in [1.54, 1.807) is 0 Å². The van der Waals surface area contributed by atoms with Gasteiger partial charge in [-0.15, -0.1) is 0 Å². The molecule has 0 saturated carbocycles. The number of rotatable bonds is 14. The minimum absolute atomic E-state index is 0.0678. The Bertz CT molecular complexity index is 483. The van der Waals surface area contributed by atoms with Gasteiger partial charge >= 0.3 is 6.16 Å². The van der Waals surface area contributed by atoms with Crippen molar-refractivity contribution in [2.75, 3.05) is 0 Å². The van der Waals surface area contributed by atoms with Crippen LogP contribution < -0.4 is 0 Å². The molecule has 192 valence electrons. The summed E-state index contributed by atoms with van der Waals surface area (Å²) in [5.41, 5.74) is -0.924. The van der Waals surface area contributed by atoms with Crippen LogP contribution >= 0.6 is 0 Å². The van der Waals surface area contributed by atoms with Crippen LogP contribution in [0.5, 0.6) is 0 Å². The fraction of sp³-hybridized carbons (Fsp3) is 0.960. The number of carbonyl (C=O) groups excluding carboxylic acids is 1. The average molecular weight is 463 g/mol. The van der Waals surface area contributed by atoms with Crippen molar-refractivity contribution < 1.29 is 33.8 Å². The van der Waals surface area contributed by atoms with Crippen LogP contribution in [-0.2, 0) is 29.0 Å². The maximum atomic E-state index is 12.4. The molecular formula is C25H50O7. The van der Waals surface area contributed by atoms with Gasteiger partial charge in [0.2, 0.25) is 12.6 Å². The molecule has 7 nitrogen and oxygen atoms in total. The van der Waals surface area contributed by atoms with Crippen molar-refractivity contribution in [3.8, 4) is 0 Å². The molecular weight excluding hydrogens is 412 g/mol. The fourth-order valence-corrected chi connectivity index (χ4v) is 3.95. The molecule has 0 aliphatic rings. The first-order valence-corrected chi connectivity index (χ1v) is 11.9. The molecule has 0 bridgehead atoms. The van der Waals surface area contributed by atoms with E-state index in [0.717, 1.165) is 25.7 Å². The molecule has 0 amide bonds. The van der Waals surface area contributed by atoms with Crippen molar-refractivity contribution in [1.82, 2.24) is 0 Å². The van der Waals surface area contributed by atoms with Gasteiger partial charge in [-0.1, -0.05) is 68.2 Å². The second-order valence-electron chi connectivity index (χ2n) is 12.3. The van der Waals surface area contributed by atoms with Crippen LogP contribution in [0.25, 0.3) is 0 Å². The standard InChI is InChI=1S/C25H50O7/c1-13-15-19(29-31-24(9,10)17-22(3,4)5)27-21(26)28-20(16-14-2)30-32-25(11,12)18-23(6,7)8/h19-20H,13-18H2,1-12H3. The van der Waals surface area contributed by atoms with E-state index in [1.807, 2.05) is 41.5 Å². The molecule has 0 aliphatic carbocycles.